The molecule has 2 heterocycles. The zero-order valence-electron chi connectivity index (χ0n) is 11.7. The Morgan fingerprint density at radius 3 is 2.68 bits per heavy atom. The predicted octanol–water partition coefficient (Wildman–Crippen LogP) is 3.13. The van der Waals surface area contributed by atoms with Gasteiger partial charge >= 0.3 is 0 Å². The minimum Gasteiger partial charge on any atom is -0.293 e. The lowest BCUT2D eigenvalue weighted by Gasteiger charge is -2.02. The molecule has 0 radical (unpaired) electrons. The zero-order chi connectivity index (χ0) is 15.4. The Kier molecular flexibility index (Phi) is 4.39. The molecule has 0 aliphatic rings. The molecule has 0 saturated carbocycles. The second-order valence-corrected chi connectivity index (χ2v) is 5.75. The van der Waals surface area contributed by atoms with Crippen molar-refractivity contribution < 1.29 is 4.39 Å². The summed E-state index contributed by atoms with van der Waals surface area (Å²) < 4.78 is 14.3. The normalized spacial score (nSPS) is 10.8. The smallest absolute Gasteiger partial charge is 0.272 e. The maximum Gasteiger partial charge on any atom is 0.272 e. The molecule has 4 nitrogen and oxygen atoms in total. The van der Waals surface area contributed by atoms with Gasteiger partial charge in [0.25, 0.3) is 5.56 Å². The Labute approximate surface area is 131 Å². The number of hydrogen-bond donors (Lipinski definition) is 1. The predicted molar refractivity (Wildman–Crippen MR) is 85.6 cm³/mol. The van der Waals surface area contributed by atoms with Gasteiger partial charge < -0.3 is 0 Å². The number of H-pyrrole nitrogens is 1. The van der Waals surface area contributed by atoms with Gasteiger partial charge in [0.15, 0.2) is 5.82 Å². The van der Waals surface area contributed by atoms with Crippen LogP contribution in [0.25, 0.3) is 5.82 Å². The molecule has 1 N–H and O–H groups in total. The number of benzene rings is 1. The molecule has 2 aromatic heterocycles. The minimum absolute atomic E-state index is 0.129. The van der Waals surface area contributed by atoms with Crippen LogP contribution in [0.1, 0.15) is 11.3 Å². The first kappa shape index (κ1) is 14.6. The van der Waals surface area contributed by atoms with Crippen LogP contribution in [0, 0.1) is 5.82 Å². The van der Waals surface area contributed by atoms with E-state index in [1.807, 2.05) is 6.07 Å². The van der Waals surface area contributed by atoms with Crippen LogP contribution in [-0.2, 0) is 11.5 Å². The highest BCUT2D eigenvalue weighted by atomic mass is 32.2. The summed E-state index contributed by atoms with van der Waals surface area (Å²) in [5.41, 5.74) is 1.76. The largest absolute Gasteiger partial charge is 0.293 e. The first-order chi connectivity index (χ1) is 10.7. The van der Waals surface area contributed by atoms with Crippen LogP contribution < -0.4 is 5.56 Å². The summed E-state index contributed by atoms with van der Waals surface area (Å²) in [4.78, 5) is 16.1. The summed E-state index contributed by atoms with van der Waals surface area (Å²) in [5.74, 6) is 1.77. The minimum atomic E-state index is -0.231. The van der Waals surface area contributed by atoms with Crippen LogP contribution in [0.4, 0.5) is 4.39 Å². The van der Waals surface area contributed by atoms with Crippen LogP contribution in [0.3, 0.4) is 0 Å². The third-order valence-electron chi connectivity index (χ3n) is 3.09. The van der Waals surface area contributed by atoms with Crippen LogP contribution in [0.5, 0.6) is 0 Å². The lowest BCUT2D eigenvalue weighted by atomic mass is 10.2. The molecule has 0 amide bonds. The molecule has 112 valence electrons. The van der Waals surface area contributed by atoms with Crippen molar-refractivity contribution in [2.45, 2.75) is 11.5 Å². The number of aromatic nitrogens is 3. The molecule has 0 atom stereocenters. The third kappa shape index (κ3) is 3.46. The summed E-state index contributed by atoms with van der Waals surface area (Å²) in [7, 11) is 0. The van der Waals surface area contributed by atoms with Crippen molar-refractivity contribution in [3.63, 3.8) is 0 Å². The quantitative estimate of drug-likeness (QED) is 0.787. The molecule has 3 aromatic rings. The molecule has 0 spiro atoms. The molecule has 6 heteroatoms. The molecule has 0 saturated heterocycles. The van der Waals surface area contributed by atoms with E-state index in [1.165, 1.54) is 16.8 Å². The van der Waals surface area contributed by atoms with Crippen molar-refractivity contribution in [3.8, 4) is 5.82 Å². The van der Waals surface area contributed by atoms with Crippen LogP contribution in [0.15, 0.2) is 59.5 Å². The maximum atomic E-state index is 12.8. The Morgan fingerprint density at radius 2 is 1.95 bits per heavy atom. The fraction of sp³-hybridized carbons (Fsp3) is 0.125. The Balaban J connectivity index is 1.64. The molecule has 0 fully saturated rings. The molecule has 3 rings (SSSR count). The van der Waals surface area contributed by atoms with Crippen molar-refractivity contribution in [1.29, 1.82) is 0 Å². The second-order valence-electron chi connectivity index (χ2n) is 4.76. The van der Waals surface area contributed by atoms with Crippen molar-refractivity contribution in [2.24, 2.45) is 0 Å². The van der Waals surface area contributed by atoms with Gasteiger partial charge in [0.1, 0.15) is 5.82 Å². The van der Waals surface area contributed by atoms with E-state index in [0.29, 0.717) is 11.6 Å². The van der Waals surface area contributed by atoms with Crippen molar-refractivity contribution in [1.82, 2.24) is 14.8 Å². The van der Waals surface area contributed by atoms with Gasteiger partial charge in [-0.15, -0.1) is 0 Å². The number of halogens is 1. The molecular weight excluding hydrogens is 301 g/mol. The highest BCUT2D eigenvalue weighted by molar-refractivity contribution is 7.97. The summed E-state index contributed by atoms with van der Waals surface area (Å²) in [6, 6.07) is 13.4. The van der Waals surface area contributed by atoms with Gasteiger partial charge in [-0.3, -0.25) is 9.89 Å². The van der Waals surface area contributed by atoms with Crippen LogP contribution in [0.2, 0.25) is 0 Å². The average Bonchev–Trinajstić information content (AvgIpc) is 2.91. The number of thioether (sulfide) groups is 1. The van der Waals surface area contributed by atoms with Crippen molar-refractivity contribution >= 4 is 11.8 Å². The Morgan fingerprint density at radius 1 is 1.14 bits per heavy atom. The highest BCUT2D eigenvalue weighted by Crippen LogP contribution is 2.16. The molecule has 1 aromatic carbocycles. The van der Waals surface area contributed by atoms with Crippen LogP contribution in [-0.4, -0.2) is 14.8 Å². The van der Waals surface area contributed by atoms with Gasteiger partial charge in [-0.25, -0.2) is 14.1 Å². The zero-order valence-corrected chi connectivity index (χ0v) is 12.5. The van der Waals surface area contributed by atoms with E-state index in [9.17, 15) is 9.18 Å². The highest BCUT2D eigenvalue weighted by Gasteiger charge is 2.06. The number of nitrogens with one attached hydrogen (secondary N) is 1. The SMILES string of the molecule is O=c1cc(CSCc2ccc(F)cc2)[nH]n1-c1ccccn1. The van der Waals surface area contributed by atoms with Gasteiger partial charge in [-0.05, 0) is 29.8 Å². The number of hydrogen-bond acceptors (Lipinski definition) is 3. The first-order valence-corrected chi connectivity index (χ1v) is 7.92. The van der Waals surface area contributed by atoms with Gasteiger partial charge in [0.2, 0.25) is 0 Å². The topological polar surface area (TPSA) is 50.7 Å². The fourth-order valence-corrected chi connectivity index (χ4v) is 2.93. The van der Waals surface area contributed by atoms with Crippen molar-refractivity contribution in [3.05, 3.63) is 82.2 Å². The van der Waals surface area contributed by atoms with Crippen LogP contribution >= 0.6 is 11.8 Å². The molecule has 0 aliphatic carbocycles. The summed E-state index contributed by atoms with van der Waals surface area (Å²) in [6.07, 6.45) is 1.64. The number of pyridine rings is 1. The van der Waals surface area contributed by atoms with Gasteiger partial charge in [0.05, 0.1) is 0 Å². The van der Waals surface area contributed by atoms with E-state index in [-0.39, 0.29) is 11.4 Å². The monoisotopic (exact) mass is 315 g/mol. The number of nitrogens with zero attached hydrogens (tertiary/aromatic N) is 2. The number of rotatable bonds is 5. The lowest BCUT2D eigenvalue weighted by Crippen LogP contribution is -2.14. The average molecular weight is 315 g/mol. The first-order valence-electron chi connectivity index (χ1n) is 6.77. The second kappa shape index (κ2) is 6.62. The molecular formula is C16H14FN3OS. The summed E-state index contributed by atoms with van der Waals surface area (Å²) >= 11 is 1.66. The van der Waals surface area contributed by atoms with Crippen molar-refractivity contribution in [2.75, 3.05) is 0 Å². The molecule has 0 bridgehead atoms. The lowest BCUT2D eigenvalue weighted by molar-refractivity contribution is 0.627. The van der Waals surface area contributed by atoms with E-state index in [0.717, 1.165) is 17.0 Å². The van der Waals surface area contributed by atoms with Gasteiger partial charge in [-0.1, -0.05) is 18.2 Å². The fourth-order valence-electron chi connectivity index (χ4n) is 2.03. The molecule has 0 aliphatic heterocycles. The van der Waals surface area contributed by atoms with E-state index >= 15 is 0 Å². The van der Waals surface area contributed by atoms with E-state index in [1.54, 1.807) is 48.3 Å². The van der Waals surface area contributed by atoms with E-state index in [2.05, 4.69) is 10.1 Å². The summed E-state index contributed by atoms with van der Waals surface area (Å²) in [5, 5.41) is 3.05. The standard InChI is InChI=1S/C16H14FN3OS/c17-13-6-4-12(5-7-13)10-22-11-14-9-16(21)20(19-14)15-3-1-2-8-18-15/h1-9,19H,10-11H2. The molecule has 0 unspecified atom stereocenters. The Bertz CT molecular complexity index is 796. The molecule has 22 heavy (non-hydrogen) atoms. The summed E-state index contributed by atoms with van der Waals surface area (Å²) in [6.45, 7) is 0. The van der Waals surface area contributed by atoms with E-state index in [4.69, 9.17) is 0 Å². The van der Waals surface area contributed by atoms with E-state index < -0.39 is 0 Å². The maximum absolute atomic E-state index is 12.8. The van der Waals surface area contributed by atoms with Gasteiger partial charge in [-0.2, -0.15) is 11.8 Å². The Hall–Kier alpha value is -2.34. The number of aromatic amines is 1. The van der Waals surface area contributed by atoms with Gasteiger partial charge in [0, 0.05) is 29.5 Å². The third-order valence-corrected chi connectivity index (χ3v) is 4.14.